The molecule has 4 rings (SSSR count). The van der Waals surface area contributed by atoms with Crippen molar-refractivity contribution in [2.75, 3.05) is 0 Å². The highest BCUT2D eigenvalue weighted by molar-refractivity contribution is 5.92. The van der Waals surface area contributed by atoms with Crippen molar-refractivity contribution in [2.24, 2.45) is 7.05 Å². The van der Waals surface area contributed by atoms with Crippen LogP contribution in [0.25, 0.3) is 11.4 Å². The summed E-state index contributed by atoms with van der Waals surface area (Å²) >= 11 is 0. The zero-order chi connectivity index (χ0) is 19.1. The van der Waals surface area contributed by atoms with Crippen molar-refractivity contribution in [1.29, 1.82) is 0 Å². The first kappa shape index (κ1) is 17.3. The molecule has 0 bridgehead atoms. The largest absolute Gasteiger partial charge is 0.344 e. The average molecular weight is 373 g/mol. The van der Waals surface area contributed by atoms with Crippen molar-refractivity contribution in [3.63, 3.8) is 0 Å². The quantitative estimate of drug-likeness (QED) is 0.759. The maximum Gasteiger partial charge on any atom is 0.315 e. The maximum atomic E-state index is 12.6. The van der Waals surface area contributed by atoms with Gasteiger partial charge in [-0.15, -0.1) is 0 Å². The van der Waals surface area contributed by atoms with Crippen LogP contribution in [0.3, 0.4) is 0 Å². The number of halogens is 2. The lowest BCUT2D eigenvalue weighted by Crippen LogP contribution is -2.28. The lowest BCUT2D eigenvalue weighted by molar-refractivity contribution is 0.0928. The number of imidazole rings is 1. The first-order valence-corrected chi connectivity index (χ1v) is 8.48. The van der Waals surface area contributed by atoms with E-state index in [9.17, 15) is 13.6 Å². The van der Waals surface area contributed by atoms with E-state index in [2.05, 4.69) is 25.0 Å². The van der Waals surface area contributed by atoms with Gasteiger partial charge in [0.25, 0.3) is 11.8 Å². The topological polar surface area (TPSA) is 85.8 Å². The predicted molar refractivity (Wildman–Crippen MR) is 91.2 cm³/mol. The normalized spacial score (nSPS) is 16.0. The molecule has 7 nitrogen and oxygen atoms in total. The van der Waals surface area contributed by atoms with Gasteiger partial charge >= 0.3 is 6.43 Å². The SMILES string of the molecule is Cc1ncc(C(=O)NC2CCc3cc(-c4noc(C(F)F)n4)ccc32)n1C. The van der Waals surface area contributed by atoms with E-state index < -0.39 is 12.3 Å². The molecule has 0 aliphatic heterocycles. The number of hydrogen-bond donors (Lipinski definition) is 1. The molecule has 1 unspecified atom stereocenters. The second-order valence-corrected chi connectivity index (χ2v) is 6.48. The Balaban J connectivity index is 1.54. The molecule has 27 heavy (non-hydrogen) atoms. The van der Waals surface area contributed by atoms with Crippen LogP contribution in [-0.2, 0) is 13.5 Å². The molecule has 2 aromatic heterocycles. The molecule has 9 heteroatoms. The Labute approximate surface area is 153 Å². The molecule has 0 radical (unpaired) electrons. The van der Waals surface area contributed by atoms with Crippen LogP contribution in [0.2, 0.25) is 0 Å². The highest BCUT2D eigenvalue weighted by atomic mass is 19.3. The molecule has 0 saturated heterocycles. The van der Waals surface area contributed by atoms with Crippen molar-refractivity contribution in [1.82, 2.24) is 25.0 Å². The highest BCUT2D eigenvalue weighted by Crippen LogP contribution is 2.34. The molecule has 0 fully saturated rings. The summed E-state index contributed by atoms with van der Waals surface area (Å²) in [4.78, 5) is 20.4. The lowest BCUT2D eigenvalue weighted by Gasteiger charge is -2.14. The second kappa shape index (κ2) is 6.57. The fourth-order valence-corrected chi connectivity index (χ4v) is 3.29. The highest BCUT2D eigenvalue weighted by Gasteiger charge is 2.26. The predicted octanol–water partition coefficient (Wildman–Crippen LogP) is 3.13. The van der Waals surface area contributed by atoms with Crippen molar-refractivity contribution >= 4 is 5.91 Å². The first-order valence-electron chi connectivity index (χ1n) is 8.48. The van der Waals surface area contributed by atoms with Crippen LogP contribution in [0.5, 0.6) is 0 Å². The number of benzene rings is 1. The number of aryl methyl sites for hydroxylation is 2. The molecule has 1 aliphatic rings. The molecule has 1 aliphatic carbocycles. The Morgan fingerprint density at radius 2 is 2.22 bits per heavy atom. The summed E-state index contributed by atoms with van der Waals surface area (Å²) in [7, 11) is 1.80. The summed E-state index contributed by atoms with van der Waals surface area (Å²) in [5, 5.41) is 6.64. The molecule has 1 amide bonds. The van der Waals surface area contributed by atoms with E-state index in [-0.39, 0.29) is 17.8 Å². The number of nitrogens with one attached hydrogen (secondary N) is 1. The minimum absolute atomic E-state index is 0.112. The van der Waals surface area contributed by atoms with Crippen LogP contribution in [-0.4, -0.2) is 25.6 Å². The van der Waals surface area contributed by atoms with Crippen molar-refractivity contribution in [3.8, 4) is 11.4 Å². The molecular weight excluding hydrogens is 356 g/mol. The van der Waals surface area contributed by atoms with Crippen LogP contribution in [0, 0.1) is 6.92 Å². The Kier molecular flexibility index (Phi) is 4.21. The van der Waals surface area contributed by atoms with Gasteiger partial charge in [-0.25, -0.2) is 4.98 Å². The van der Waals surface area contributed by atoms with E-state index in [1.165, 1.54) is 0 Å². The van der Waals surface area contributed by atoms with Crippen LogP contribution in [0.1, 0.15) is 52.2 Å². The van der Waals surface area contributed by atoms with E-state index >= 15 is 0 Å². The molecule has 140 valence electrons. The number of fused-ring (bicyclic) bond motifs is 1. The van der Waals surface area contributed by atoms with Gasteiger partial charge in [-0.2, -0.15) is 13.8 Å². The van der Waals surface area contributed by atoms with Crippen LogP contribution < -0.4 is 5.32 Å². The molecule has 0 saturated carbocycles. The summed E-state index contributed by atoms with van der Waals surface area (Å²) in [5.74, 6) is 0.0210. The van der Waals surface area contributed by atoms with Crippen molar-refractivity contribution < 1.29 is 18.1 Å². The molecule has 2 heterocycles. The van der Waals surface area contributed by atoms with Crippen molar-refractivity contribution in [3.05, 3.63) is 52.9 Å². The Hall–Kier alpha value is -3.10. The zero-order valence-electron chi connectivity index (χ0n) is 14.7. The van der Waals surface area contributed by atoms with E-state index in [1.807, 2.05) is 19.1 Å². The standard InChI is InChI=1S/C18H17F2N5O2/c1-9-21-8-14(25(9)2)17(26)22-13-6-4-10-7-11(3-5-12(10)13)16-23-18(15(19)20)27-24-16/h3,5,7-8,13,15H,4,6H2,1-2H3,(H,22,26). The summed E-state index contributed by atoms with van der Waals surface area (Å²) < 4.78 is 31.5. The Morgan fingerprint density at radius 1 is 1.41 bits per heavy atom. The van der Waals surface area contributed by atoms with Gasteiger partial charge in [0.15, 0.2) is 0 Å². The third-order valence-electron chi connectivity index (χ3n) is 4.87. The van der Waals surface area contributed by atoms with Gasteiger partial charge in [-0.05, 0) is 37.0 Å². The molecule has 0 spiro atoms. The maximum absolute atomic E-state index is 12.6. The van der Waals surface area contributed by atoms with Gasteiger partial charge in [0.1, 0.15) is 11.5 Å². The summed E-state index contributed by atoms with van der Waals surface area (Å²) in [6, 6.07) is 5.36. The van der Waals surface area contributed by atoms with Gasteiger partial charge in [-0.3, -0.25) is 4.79 Å². The monoisotopic (exact) mass is 373 g/mol. The van der Waals surface area contributed by atoms with Gasteiger partial charge in [0.05, 0.1) is 12.2 Å². The van der Waals surface area contributed by atoms with Crippen LogP contribution in [0.4, 0.5) is 8.78 Å². The van der Waals surface area contributed by atoms with E-state index in [4.69, 9.17) is 0 Å². The summed E-state index contributed by atoms with van der Waals surface area (Å²) in [6.45, 7) is 1.83. The number of carbonyl (C=O) groups is 1. The fraction of sp³-hybridized carbons (Fsp3) is 0.333. The molecule has 3 aromatic rings. The van der Waals surface area contributed by atoms with Crippen LogP contribution >= 0.6 is 0 Å². The van der Waals surface area contributed by atoms with Crippen molar-refractivity contribution in [2.45, 2.75) is 32.2 Å². The average Bonchev–Trinajstić information content (AvgIpc) is 3.35. The van der Waals surface area contributed by atoms with E-state index in [1.54, 1.807) is 23.9 Å². The first-order chi connectivity index (χ1) is 12.9. The van der Waals surface area contributed by atoms with Gasteiger partial charge in [-0.1, -0.05) is 17.3 Å². The molecule has 1 atom stereocenters. The van der Waals surface area contributed by atoms with Gasteiger partial charge in [0, 0.05) is 12.6 Å². The number of rotatable bonds is 4. The smallest absolute Gasteiger partial charge is 0.315 e. The number of hydrogen-bond acceptors (Lipinski definition) is 5. The third-order valence-corrected chi connectivity index (χ3v) is 4.87. The number of carbonyl (C=O) groups excluding carboxylic acids is 1. The summed E-state index contributed by atoms with van der Waals surface area (Å²) in [6.07, 6.45) is 0.282. The second-order valence-electron chi connectivity index (χ2n) is 6.48. The van der Waals surface area contributed by atoms with Gasteiger partial charge in [0.2, 0.25) is 5.82 Å². The summed E-state index contributed by atoms with van der Waals surface area (Å²) in [5.41, 5.74) is 3.15. The Bertz CT molecular complexity index is 1010. The zero-order valence-corrected chi connectivity index (χ0v) is 14.7. The van der Waals surface area contributed by atoms with E-state index in [0.29, 0.717) is 11.3 Å². The number of amides is 1. The Morgan fingerprint density at radius 3 is 2.89 bits per heavy atom. The number of aromatic nitrogens is 4. The lowest BCUT2D eigenvalue weighted by atomic mass is 10.0. The molecule has 1 aromatic carbocycles. The minimum Gasteiger partial charge on any atom is -0.344 e. The molecular formula is C18H17F2N5O2. The van der Waals surface area contributed by atoms with Crippen LogP contribution in [0.15, 0.2) is 28.9 Å². The molecule has 1 N–H and O–H groups in total. The number of nitrogens with zero attached hydrogens (tertiary/aromatic N) is 4. The third kappa shape index (κ3) is 3.09. The minimum atomic E-state index is -2.80. The van der Waals surface area contributed by atoms with E-state index in [0.717, 1.165) is 29.8 Å². The van der Waals surface area contributed by atoms with Gasteiger partial charge < -0.3 is 14.4 Å². The number of alkyl halides is 2. The fourth-order valence-electron chi connectivity index (χ4n) is 3.29.